The molecule has 1 aromatic heterocycles. The summed E-state index contributed by atoms with van der Waals surface area (Å²) in [6.07, 6.45) is -10.2. The third kappa shape index (κ3) is 3.14. The third-order valence-electron chi connectivity index (χ3n) is 3.28. The molecule has 24 heavy (non-hydrogen) atoms. The number of hydrogen-bond acceptors (Lipinski definition) is 5. The van der Waals surface area contributed by atoms with E-state index in [-0.39, 0.29) is 5.88 Å². The topological polar surface area (TPSA) is 65.5 Å². The predicted octanol–water partition coefficient (Wildman–Crippen LogP) is 3.14. The van der Waals surface area contributed by atoms with E-state index < -0.39 is 65.1 Å². The molecule has 0 spiro atoms. The van der Waals surface area contributed by atoms with E-state index in [1.165, 1.54) is 0 Å². The number of alkyl halides is 6. The standard InChI is InChI=1S/C13H9ClF5NO4/c1-23-11(21)6-5-2-4(3-14)24-12(22)7(5)9(13(17,18)19)20-8(6)10(15)16/h4,10H,2-3H2,1H3. The van der Waals surface area contributed by atoms with Crippen molar-refractivity contribution in [2.75, 3.05) is 13.0 Å². The zero-order valence-electron chi connectivity index (χ0n) is 11.9. The van der Waals surface area contributed by atoms with E-state index in [2.05, 4.69) is 9.72 Å². The molecule has 0 bridgehead atoms. The van der Waals surface area contributed by atoms with Crippen LogP contribution in [-0.4, -0.2) is 36.0 Å². The Hall–Kier alpha value is -1.97. The Kier molecular flexibility index (Phi) is 4.97. The fourth-order valence-electron chi connectivity index (χ4n) is 2.34. The number of esters is 2. The van der Waals surface area contributed by atoms with Crippen LogP contribution in [0.2, 0.25) is 0 Å². The summed E-state index contributed by atoms with van der Waals surface area (Å²) in [5.74, 6) is -3.06. The van der Waals surface area contributed by atoms with Gasteiger partial charge in [0.25, 0.3) is 6.43 Å². The SMILES string of the molecule is COC(=O)c1c(C(F)F)nc(C(F)(F)F)c2c1CC(CCl)OC2=O. The lowest BCUT2D eigenvalue weighted by molar-refractivity contribution is -0.142. The van der Waals surface area contributed by atoms with Gasteiger partial charge in [-0.2, -0.15) is 13.2 Å². The van der Waals surface area contributed by atoms with Crippen molar-refractivity contribution in [3.05, 3.63) is 28.1 Å². The van der Waals surface area contributed by atoms with Crippen LogP contribution in [0.1, 0.15) is 44.1 Å². The lowest BCUT2D eigenvalue weighted by Gasteiger charge is -2.27. The molecule has 132 valence electrons. The van der Waals surface area contributed by atoms with Crippen molar-refractivity contribution in [3.8, 4) is 0 Å². The van der Waals surface area contributed by atoms with Gasteiger partial charge in [0.15, 0.2) is 5.69 Å². The summed E-state index contributed by atoms with van der Waals surface area (Å²) >= 11 is 5.53. The van der Waals surface area contributed by atoms with Gasteiger partial charge in [0.2, 0.25) is 0 Å². The molecule has 1 unspecified atom stereocenters. The molecule has 0 aromatic carbocycles. The average Bonchev–Trinajstić information content (AvgIpc) is 2.51. The quantitative estimate of drug-likeness (QED) is 0.462. The Balaban J connectivity index is 2.88. The molecular weight excluding hydrogens is 365 g/mol. The molecule has 5 nitrogen and oxygen atoms in total. The lowest BCUT2D eigenvalue weighted by Crippen LogP contribution is -2.34. The molecule has 0 amide bonds. The Morgan fingerprint density at radius 1 is 1.46 bits per heavy atom. The molecule has 1 aliphatic rings. The van der Waals surface area contributed by atoms with Gasteiger partial charge in [-0.1, -0.05) is 0 Å². The number of carbonyl (C=O) groups excluding carboxylic acids is 2. The van der Waals surface area contributed by atoms with Crippen molar-refractivity contribution in [1.29, 1.82) is 0 Å². The van der Waals surface area contributed by atoms with E-state index >= 15 is 0 Å². The van der Waals surface area contributed by atoms with E-state index in [9.17, 15) is 31.5 Å². The first-order valence-corrected chi connectivity index (χ1v) is 6.92. The van der Waals surface area contributed by atoms with Crippen LogP contribution in [0.4, 0.5) is 22.0 Å². The summed E-state index contributed by atoms with van der Waals surface area (Å²) in [6, 6.07) is 0. The van der Waals surface area contributed by atoms with Crippen LogP contribution in [0.5, 0.6) is 0 Å². The minimum atomic E-state index is -5.20. The van der Waals surface area contributed by atoms with Crippen molar-refractivity contribution in [1.82, 2.24) is 4.98 Å². The molecule has 1 aliphatic heterocycles. The van der Waals surface area contributed by atoms with E-state index in [4.69, 9.17) is 16.3 Å². The molecule has 0 N–H and O–H groups in total. The molecule has 2 heterocycles. The smallest absolute Gasteiger partial charge is 0.434 e. The van der Waals surface area contributed by atoms with Crippen LogP contribution >= 0.6 is 11.6 Å². The highest BCUT2D eigenvalue weighted by molar-refractivity contribution is 6.18. The number of methoxy groups -OCH3 is 1. The zero-order chi connectivity index (χ0) is 18.2. The molecule has 1 aromatic rings. The summed E-state index contributed by atoms with van der Waals surface area (Å²) < 4.78 is 74.8. The van der Waals surface area contributed by atoms with E-state index in [0.29, 0.717) is 0 Å². The van der Waals surface area contributed by atoms with Crippen LogP contribution in [0, 0.1) is 0 Å². The lowest BCUT2D eigenvalue weighted by atomic mass is 9.91. The first-order valence-electron chi connectivity index (χ1n) is 6.39. The van der Waals surface area contributed by atoms with Gasteiger partial charge in [0.05, 0.1) is 24.1 Å². The highest BCUT2D eigenvalue weighted by Gasteiger charge is 2.45. The monoisotopic (exact) mass is 373 g/mol. The highest BCUT2D eigenvalue weighted by atomic mass is 35.5. The van der Waals surface area contributed by atoms with Crippen LogP contribution in [0.3, 0.4) is 0 Å². The van der Waals surface area contributed by atoms with E-state index in [0.717, 1.165) is 7.11 Å². The second-order valence-corrected chi connectivity index (χ2v) is 5.06. The molecular formula is C13H9ClF5NO4. The zero-order valence-corrected chi connectivity index (χ0v) is 12.7. The van der Waals surface area contributed by atoms with Gasteiger partial charge in [-0.25, -0.2) is 23.4 Å². The van der Waals surface area contributed by atoms with Crippen molar-refractivity contribution in [2.24, 2.45) is 0 Å². The molecule has 0 saturated heterocycles. The van der Waals surface area contributed by atoms with Crippen molar-refractivity contribution >= 4 is 23.5 Å². The molecule has 1 atom stereocenters. The molecule has 0 aliphatic carbocycles. The van der Waals surface area contributed by atoms with E-state index in [1.807, 2.05) is 0 Å². The number of rotatable bonds is 3. The number of aromatic nitrogens is 1. The summed E-state index contributed by atoms with van der Waals surface area (Å²) in [7, 11) is 0.863. The molecule has 0 radical (unpaired) electrons. The number of cyclic esters (lactones) is 1. The third-order valence-corrected chi connectivity index (χ3v) is 3.62. The fourth-order valence-corrected chi connectivity index (χ4v) is 2.51. The number of halogens is 6. The number of nitrogens with zero attached hydrogens (tertiary/aromatic N) is 1. The Morgan fingerprint density at radius 3 is 2.54 bits per heavy atom. The fraction of sp³-hybridized carbons (Fsp3) is 0.462. The maximum absolute atomic E-state index is 13.2. The number of ether oxygens (including phenoxy) is 2. The minimum Gasteiger partial charge on any atom is -0.465 e. The first kappa shape index (κ1) is 18.4. The second-order valence-electron chi connectivity index (χ2n) is 4.75. The number of hydrogen-bond donors (Lipinski definition) is 0. The van der Waals surface area contributed by atoms with Crippen LogP contribution in [0.25, 0.3) is 0 Å². The maximum atomic E-state index is 13.2. The van der Waals surface area contributed by atoms with Gasteiger partial charge in [0, 0.05) is 6.42 Å². The summed E-state index contributed by atoms with van der Waals surface area (Å²) in [5, 5.41) is 0. The predicted molar refractivity (Wildman–Crippen MR) is 69.2 cm³/mol. The van der Waals surface area contributed by atoms with Crippen molar-refractivity contribution in [3.63, 3.8) is 0 Å². The maximum Gasteiger partial charge on any atom is 0.434 e. The van der Waals surface area contributed by atoms with Crippen LogP contribution < -0.4 is 0 Å². The van der Waals surface area contributed by atoms with Gasteiger partial charge >= 0.3 is 18.1 Å². The average molecular weight is 374 g/mol. The summed E-state index contributed by atoms with van der Waals surface area (Å²) in [4.78, 5) is 26.5. The van der Waals surface area contributed by atoms with Gasteiger partial charge < -0.3 is 9.47 Å². The number of carbonyl (C=O) groups is 2. The Bertz CT molecular complexity index is 692. The van der Waals surface area contributed by atoms with E-state index in [1.54, 1.807) is 0 Å². The first-order chi connectivity index (χ1) is 11.1. The normalized spacial score (nSPS) is 17.5. The highest BCUT2D eigenvalue weighted by Crippen LogP contribution is 2.39. The van der Waals surface area contributed by atoms with Crippen molar-refractivity contribution < 1.29 is 41.0 Å². The van der Waals surface area contributed by atoms with Gasteiger partial charge in [-0.15, -0.1) is 11.6 Å². The molecule has 2 rings (SSSR count). The minimum absolute atomic E-state index is 0.292. The summed E-state index contributed by atoms with van der Waals surface area (Å²) in [5.41, 5.74) is -5.74. The second kappa shape index (κ2) is 6.50. The van der Waals surface area contributed by atoms with Crippen LogP contribution in [-0.2, 0) is 22.1 Å². The van der Waals surface area contributed by atoms with Crippen molar-refractivity contribution in [2.45, 2.75) is 25.1 Å². The Labute approximate surface area is 136 Å². The molecule has 0 saturated carbocycles. The largest absolute Gasteiger partial charge is 0.465 e. The molecule has 0 fully saturated rings. The van der Waals surface area contributed by atoms with Gasteiger partial charge in [-0.05, 0) is 5.56 Å². The number of pyridine rings is 1. The summed E-state index contributed by atoms with van der Waals surface area (Å²) in [6.45, 7) is 0. The number of fused-ring (bicyclic) bond motifs is 1. The molecule has 11 heteroatoms. The van der Waals surface area contributed by atoms with Crippen LogP contribution in [0.15, 0.2) is 0 Å². The Morgan fingerprint density at radius 2 is 2.08 bits per heavy atom. The van der Waals surface area contributed by atoms with Gasteiger partial charge in [-0.3, -0.25) is 0 Å². The van der Waals surface area contributed by atoms with Gasteiger partial charge in [0.1, 0.15) is 11.8 Å².